The molecule has 0 aliphatic carbocycles. The molecule has 4 aromatic rings. The molecule has 3 heterocycles. The van der Waals surface area contributed by atoms with Gasteiger partial charge in [0.2, 0.25) is 0 Å². The van der Waals surface area contributed by atoms with Gasteiger partial charge in [-0.05, 0) is 49.7 Å². The summed E-state index contributed by atoms with van der Waals surface area (Å²) in [7, 11) is 0. The van der Waals surface area contributed by atoms with E-state index in [2.05, 4.69) is 10.1 Å². The molecule has 1 aliphatic heterocycles. The molecule has 0 unspecified atom stereocenters. The number of Topliss-reactive ketones (excluding diaryl/α,β-unsaturated/α-hetero) is 1. The Hall–Kier alpha value is -3.55. The van der Waals surface area contributed by atoms with Crippen molar-refractivity contribution >= 4 is 33.5 Å². The van der Waals surface area contributed by atoms with Crippen molar-refractivity contribution in [2.24, 2.45) is 0 Å². The van der Waals surface area contributed by atoms with Gasteiger partial charge in [0.25, 0.3) is 11.8 Å². The number of nitrogens with one attached hydrogen (secondary N) is 1. The zero-order chi connectivity index (χ0) is 22.8. The van der Waals surface area contributed by atoms with Crippen LogP contribution in [0.1, 0.15) is 45.5 Å². The molecule has 2 aromatic carbocycles. The quantitative estimate of drug-likeness (QED) is 0.441. The summed E-state index contributed by atoms with van der Waals surface area (Å²) in [6.45, 7) is 4.32. The monoisotopic (exact) mass is 437 g/mol. The molecule has 0 radical (unpaired) electrons. The zero-order valence-electron chi connectivity index (χ0n) is 17.9. The highest BCUT2D eigenvalue weighted by molar-refractivity contribution is 6.20. The Balaban J connectivity index is 1.69. The maximum Gasteiger partial charge on any atom is 0.282 e. The second-order valence-electron chi connectivity index (χ2n) is 8.32. The second-order valence-corrected chi connectivity index (χ2v) is 8.32. The van der Waals surface area contributed by atoms with Crippen molar-refractivity contribution in [1.82, 2.24) is 15.0 Å². The molecule has 0 atom stereocenters. The molecule has 32 heavy (non-hydrogen) atoms. The third-order valence-electron chi connectivity index (χ3n) is 6.02. The lowest BCUT2D eigenvalue weighted by Gasteiger charge is -2.38. The number of rotatable bonds is 4. The van der Waals surface area contributed by atoms with Gasteiger partial charge in [-0.2, -0.15) is 0 Å². The van der Waals surface area contributed by atoms with Crippen molar-refractivity contribution in [2.75, 3.05) is 13.1 Å². The number of aromatic nitrogens is 2. The lowest BCUT2D eigenvalue weighted by molar-refractivity contribution is -0.113. The highest BCUT2D eigenvalue weighted by Gasteiger charge is 2.46. The fourth-order valence-electron chi connectivity index (χ4n) is 4.46. The van der Waals surface area contributed by atoms with Crippen molar-refractivity contribution in [2.45, 2.75) is 33.1 Å². The first-order valence-electron chi connectivity index (χ1n) is 10.4. The average molecular weight is 437 g/mol. The number of likely N-dealkylation sites (tertiary alicyclic amines) is 1. The number of H-pyrrole nitrogens is 1. The van der Waals surface area contributed by atoms with Crippen molar-refractivity contribution in [3.63, 3.8) is 0 Å². The topological polar surface area (TPSA) is 79.2 Å². The number of hydrogen-bond donors (Lipinski definition) is 1. The minimum atomic E-state index is -2.82. The van der Waals surface area contributed by atoms with E-state index < -0.39 is 24.9 Å². The van der Waals surface area contributed by atoms with Crippen LogP contribution in [0, 0.1) is 13.8 Å². The van der Waals surface area contributed by atoms with E-state index in [1.54, 1.807) is 25.1 Å². The molecule has 0 spiro atoms. The van der Waals surface area contributed by atoms with Gasteiger partial charge in [-0.1, -0.05) is 12.1 Å². The van der Waals surface area contributed by atoms with Gasteiger partial charge in [-0.3, -0.25) is 9.59 Å². The number of amides is 1. The summed E-state index contributed by atoms with van der Waals surface area (Å²) in [5.41, 5.74) is 4.74. The Morgan fingerprint density at radius 1 is 1.16 bits per heavy atom. The van der Waals surface area contributed by atoms with Crippen LogP contribution in [0.3, 0.4) is 0 Å². The number of carbonyl (C=O) groups is 2. The molecule has 6 nitrogen and oxygen atoms in total. The molecule has 1 aliphatic rings. The fraction of sp³-hybridized carbons (Fsp3) is 0.292. The first kappa shape index (κ1) is 20.4. The summed E-state index contributed by atoms with van der Waals surface area (Å²) in [5.74, 6) is -2.64. The van der Waals surface area contributed by atoms with Gasteiger partial charge in [0.1, 0.15) is 5.76 Å². The number of carbonyl (C=O) groups excluding carboxylic acids is 2. The predicted octanol–water partition coefficient (Wildman–Crippen LogP) is 5.28. The molecule has 1 fully saturated rings. The maximum absolute atomic E-state index is 13.2. The number of benzene rings is 2. The van der Waals surface area contributed by atoms with Crippen molar-refractivity contribution in [1.29, 1.82) is 0 Å². The molecule has 0 bridgehead atoms. The normalized spacial score (nSPS) is 15.3. The van der Waals surface area contributed by atoms with Gasteiger partial charge in [0, 0.05) is 44.9 Å². The van der Waals surface area contributed by atoms with Crippen LogP contribution in [-0.2, 0) is 0 Å². The standard InChI is InChI=1S/C24H21F2N3O3/c1-4-20(30)17-8-15(21-12(2)28-32-13(21)3)9-19-22(17)16-7-14(5-6-18(16)27-19)23(31)29-10-24(25,26)11-29/h5-9,27H,4,10-11H2,1-3H3. The molecule has 1 N–H and O–H groups in total. The number of alkyl halides is 2. The Morgan fingerprint density at radius 3 is 2.53 bits per heavy atom. The van der Waals surface area contributed by atoms with Crippen LogP contribution in [0.2, 0.25) is 0 Å². The van der Waals surface area contributed by atoms with Crippen LogP contribution in [0.5, 0.6) is 0 Å². The second kappa shape index (κ2) is 6.98. The van der Waals surface area contributed by atoms with Gasteiger partial charge >= 0.3 is 0 Å². The summed E-state index contributed by atoms with van der Waals surface area (Å²) in [4.78, 5) is 30.0. The van der Waals surface area contributed by atoms with Gasteiger partial charge in [-0.15, -0.1) is 0 Å². The molecular formula is C24H21F2N3O3. The highest BCUT2D eigenvalue weighted by atomic mass is 19.3. The molecule has 1 saturated heterocycles. The molecule has 0 saturated carbocycles. The Labute approximate surface area is 182 Å². The van der Waals surface area contributed by atoms with E-state index in [1.165, 1.54) is 0 Å². The van der Waals surface area contributed by atoms with Crippen molar-refractivity contribution < 1.29 is 22.9 Å². The Kier molecular flexibility index (Phi) is 4.44. The molecule has 8 heteroatoms. The largest absolute Gasteiger partial charge is 0.361 e. The maximum atomic E-state index is 13.2. The van der Waals surface area contributed by atoms with Crippen LogP contribution in [0.25, 0.3) is 32.9 Å². The predicted molar refractivity (Wildman–Crippen MR) is 116 cm³/mol. The summed E-state index contributed by atoms with van der Waals surface area (Å²) in [5, 5.41) is 5.44. The summed E-state index contributed by atoms with van der Waals surface area (Å²) < 4.78 is 31.7. The highest BCUT2D eigenvalue weighted by Crippen LogP contribution is 2.37. The van der Waals surface area contributed by atoms with Crippen LogP contribution in [0.15, 0.2) is 34.9 Å². The number of fused-ring (bicyclic) bond motifs is 3. The number of aryl methyl sites for hydroxylation is 2. The molecule has 2 aromatic heterocycles. The van der Waals surface area contributed by atoms with Gasteiger partial charge in [0.15, 0.2) is 5.78 Å². The average Bonchev–Trinajstić information content (AvgIpc) is 3.28. The summed E-state index contributed by atoms with van der Waals surface area (Å²) in [6, 6.07) is 8.81. The van der Waals surface area contributed by atoms with Crippen molar-refractivity contribution in [3.8, 4) is 11.1 Å². The van der Waals surface area contributed by atoms with E-state index in [-0.39, 0.29) is 5.78 Å². The summed E-state index contributed by atoms with van der Waals surface area (Å²) >= 11 is 0. The van der Waals surface area contributed by atoms with Crippen LogP contribution < -0.4 is 0 Å². The molecule has 164 valence electrons. The Bertz CT molecular complexity index is 1390. The third kappa shape index (κ3) is 3.09. The SMILES string of the molecule is CCC(=O)c1cc(-c2c(C)noc2C)cc2[nH]c3ccc(C(=O)N4CC(F)(F)C4)cc3c12. The minimum absolute atomic E-state index is 0.0383. The molecule has 1 amide bonds. The van der Waals surface area contributed by atoms with Crippen LogP contribution in [-0.4, -0.2) is 45.7 Å². The number of hydrogen-bond acceptors (Lipinski definition) is 4. The lowest BCUT2D eigenvalue weighted by Crippen LogP contribution is -2.58. The number of halogens is 2. The molecular weight excluding hydrogens is 416 g/mol. The third-order valence-corrected chi connectivity index (χ3v) is 6.02. The minimum Gasteiger partial charge on any atom is -0.361 e. The number of aromatic amines is 1. The van der Waals surface area contributed by atoms with E-state index in [1.807, 2.05) is 26.0 Å². The van der Waals surface area contributed by atoms with E-state index in [0.717, 1.165) is 32.8 Å². The van der Waals surface area contributed by atoms with Gasteiger partial charge < -0.3 is 14.4 Å². The van der Waals surface area contributed by atoms with Gasteiger partial charge in [-0.25, -0.2) is 8.78 Å². The first-order valence-corrected chi connectivity index (χ1v) is 10.4. The molecule has 5 rings (SSSR count). The lowest BCUT2D eigenvalue weighted by atomic mass is 9.94. The smallest absolute Gasteiger partial charge is 0.282 e. The fourth-order valence-corrected chi connectivity index (χ4v) is 4.46. The van der Waals surface area contributed by atoms with E-state index in [9.17, 15) is 18.4 Å². The first-order chi connectivity index (χ1) is 15.2. The summed E-state index contributed by atoms with van der Waals surface area (Å²) in [6.07, 6.45) is 0.314. The van der Waals surface area contributed by atoms with Crippen LogP contribution >= 0.6 is 0 Å². The van der Waals surface area contributed by atoms with Crippen molar-refractivity contribution in [3.05, 3.63) is 52.9 Å². The number of nitrogens with zero attached hydrogens (tertiary/aromatic N) is 2. The number of ketones is 1. The Morgan fingerprint density at radius 2 is 1.91 bits per heavy atom. The van der Waals surface area contributed by atoms with E-state index >= 15 is 0 Å². The van der Waals surface area contributed by atoms with Crippen LogP contribution in [0.4, 0.5) is 8.78 Å². The van der Waals surface area contributed by atoms with E-state index in [4.69, 9.17) is 4.52 Å². The zero-order valence-corrected chi connectivity index (χ0v) is 17.9. The van der Waals surface area contributed by atoms with E-state index in [0.29, 0.717) is 34.1 Å². The van der Waals surface area contributed by atoms with Gasteiger partial charge in [0.05, 0.1) is 18.8 Å².